The number of allylic oxidation sites excluding steroid dienone is 1. The van der Waals surface area contributed by atoms with Gasteiger partial charge in [-0.2, -0.15) is 0 Å². The van der Waals surface area contributed by atoms with E-state index in [0.717, 1.165) is 0 Å². The smallest absolute Gasteiger partial charge is 0.175 e. The molecule has 0 atom stereocenters. The Labute approximate surface area is 121 Å². The maximum atomic E-state index is 12.0. The highest BCUT2D eigenvalue weighted by Gasteiger charge is 2.20. The molecule has 0 radical (unpaired) electrons. The van der Waals surface area contributed by atoms with Crippen LogP contribution in [0, 0.1) is 5.92 Å². The first-order valence-electron chi connectivity index (χ1n) is 5.35. The molecule has 18 heavy (non-hydrogen) atoms. The van der Waals surface area contributed by atoms with Gasteiger partial charge in [-0.25, -0.2) is 0 Å². The summed E-state index contributed by atoms with van der Waals surface area (Å²) in [5.74, 6) is -0.380. The van der Waals surface area contributed by atoms with Crippen LogP contribution in [0.3, 0.4) is 0 Å². The van der Waals surface area contributed by atoms with Gasteiger partial charge in [0.25, 0.3) is 0 Å². The fraction of sp³-hybridized carbons (Fsp3) is 0.308. The Kier molecular flexibility index (Phi) is 5.57. The number of aliphatic hydroxyl groups excluding tert-OH is 1. The van der Waals surface area contributed by atoms with Gasteiger partial charge in [0.15, 0.2) is 5.78 Å². The number of thioether (sulfide) groups is 1. The number of rotatable bonds is 4. The van der Waals surface area contributed by atoms with Gasteiger partial charge in [0.2, 0.25) is 0 Å². The molecule has 1 rings (SSSR count). The Bertz CT molecular complexity index is 496. The molecule has 0 spiro atoms. The lowest BCUT2D eigenvalue weighted by Crippen LogP contribution is -2.10. The predicted octanol–water partition coefficient (Wildman–Crippen LogP) is 4.81. The minimum absolute atomic E-state index is 0.0946. The summed E-state index contributed by atoms with van der Waals surface area (Å²) in [4.78, 5) is 12.3. The van der Waals surface area contributed by atoms with E-state index in [1.807, 2.05) is 0 Å². The molecule has 0 heterocycles. The fourth-order valence-electron chi connectivity index (χ4n) is 1.38. The molecule has 0 aliphatic carbocycles. The van der Waals surface area contributed by atoms with Crippen molar-refractivity contribution in [3.8, 4) is 0 Å². The van der Waals surface area contributed by atoms with Crippen molar-refractivity contribution < 1.29 is 9.90 Å². The van der Waals surface area contributed by atoms with Crippen LogP contribution in [0.15, 0.2) is 23.1 Å². The van der Waals surface area contributed by atoms with Crippen molar-refractivity contribution in [2.45, 2.75) is 13.8 Å². The van der Waals surface area contributed by atoms with Crippen LogP contribution < -0.4 is 0 Å². The molecule has 2 nitrogen and oxygen atoms in total. The molecule has 0 aliphatic rings. The lowest BCUT2D eigenvalue weighted by Gasteiger charge is -2.11. The second-order valence-electron chi connectivity index (χ2n) is 4.02. The maximum absolute atomic E-state index is 12.0. The predicted molar refractivity (Wildman–Crippen MR) is 79.4 cm³/mol. The van der Waals surface area contributed by atoms with E-state index >= 15 is 0 Å². The molecule has 1 aromatic carbocycles. The monoisotopic (exact) mass is 304 g/mol. The van der Waals surface area contributed by atoms with Crippen molar-refractivity contribution in [3.05, 3.63) is 38.7 Å². The van der Waals surface area contributed by atoms with Crippen molar-refractivity contribution in [1.29, 1.82) is 0 Å². The first-order chi connectivity index (χ1) is 8.38. The number of hydrogen-bond donors (Lipinski definition) is 1. The third kappa shape index (κ3) is 3.44. The number of benzene rings is 1. The van der Waals surface area contributed by atoms with Crippen molar-refractivity contribution in [1.82, 2.24) is 0 Å². The lowest BCUT2D eigenvalue weighted by molar-refractivity contribution is -0.117. The highest BCUT2D eigenvalue weighted by atomic mass is 35.5. The van der Waals surface area contributed by atoms with Gasteiger partial charge in [-0.3, -0.25) is 4.79 Å². The zero-order valence-corrected chi connectivity index (χ0v) is 12.7. The van der Waals surface area contributed by atoms with Gasteiger partial charge in [0.05, 0.1) is 9.93 Å². The minimum atomic E-state index is -0.180. The van der Waals surface area contributed by atoms with Crippen molar-refractivity contribution in [3.63, 3.8) is 0 Å². The van der Waals surface area contributed by atoms with E-state index < -0.39 is 0 Å². The van der Waals surface area contributed by atoms with Gasteiger partial charge >= 0.3 is 0 Å². The molecule has 0 aliphatic heterocycles. The van der Waals surface area contributed by atoms with Gasteiger partial charge in [-0.15, -0.1) is 11.8 Å². The van der Waals surface area contributed by atoms with Crippen molar-refractivity contribution in [2.24, 2.45) is 5.92 Å². The van der Waals surface area contributed by atoms with Gasteiger partial charge in [-0.1, -0.05) is 37.0 Å². The van der Waals surface area contributed by atoms with Crippen molar-refractivity contribution in [2.75, 3.05) is 6.26 Å². The van der Waals surface area contributed by atoms with Crippen LogP contribution in [0.25, 0.3) is 5.76 Å². The van der Waals surface area contributed by atoms with Gasteiger partial charge in [-0.05, 0) is 24.5 Å². The summed E-state index contributed by atoms with van der Waals surface area (Å²) in [5, 5.41) is 11.0. The van der Waals surface area contributed by atoms with E-state index in [1.165, 1.54) is 17.8 Å². The summed E-state index contributed by atoms with van der Waals surface area (Å²) in [6, 6.07) is 4.76. The third-order valence-electron chi connectivity index (χ3n) is 2.35. The second kappa shape index (κ2) is 6.50. The topological polar surface area (TPSA) is 37.3 Å². The van der Waals surface area contributed by atoms with Gasteiger partial charge in [0, 0.05) is 16.5 Å². The van der Waals surface area contributed by atoms with Crippen LogP contribution >= 0.6 is 35.0 Å². The van der Waals surface area contributed by atoms with Crippen LogP contribution in [0.5, 0.6) is 0 Å². The van der Waals surface area contributed by atoms with E-state index in [1.54, 1.807) is 32.2 Å². The number of hydrogen-bond acceptors (Lipinski definition) is 3. The standard InChI is InChI=1S/C13H14Cl2O2S/c1-7(2)11(16)13(18-3)12(17)9-5-4-8(14)6-10(9)15/h4-7,17H,1-3H3. The number of ketones is 1. The molecule has 0 unspecified atom stereocenters. The summed E-state index contributed by atoms with van der Waals surface area (Å²) < 4.78 is 0. The Morgan fingerprint density at radius 3 is 2.39 bits per heavy atom. The van der Waals surface area contributed by atoms with Crippen LogP contribution in [0.2, 0.25) is 10.0 Å². The number of aliphatic hydroxyl groups is 1. The summed E-state index contributed by atoms with van der Waals surface area (Å²) >= 11 is 13.0. The highest BCUT2D eigenvalue weighted by Crippen LogP contribution is 2.31. The van der Waals surface area contributed by atoms with E-state index in [4.69, 9.17) is 23.2 Å². The molecule has 98 valence electrons. The molecule has 0 aromatic heterocycles. The number of carbonyl (C=O) groups excluding carboxylic acids is 1. The molecule has 0 saturated carbocycles. The average molecular weight is 305 g/mol. The molecule has 0 amide bonds. The molecular formula is C13H14Cl2O2S. The number of carbonyl (C=O) groups is 1. The fourth-order valence-corrected chi connectivity index (χ4v) is 2.62. The molecular weight excluding hydrogens is 291 g/mol. The summed E-state index contributed by atoms with van der Waals surface area (Å²) in [6.45, 7) is 3.57. The summed E-state index contributed by atoms with van der Waals surface area (Å²) in [7, 11) is 0. The third-order valence-corrected chi connectivity index (χ3v) is 3.70. The first kappa shape index (κ1) is 15.4. The molecule has 0 fully saturated rings. The zero-order valence-electron chi connectivity index (χ0n) is 10.3. The van der Waals surface area contributed by atoms with Crippen LogP contribution in [-0.2, 0) is 4.79 Å². The van der Waals surface area contributed by atoms with E-state index in [2.05, 4.69) is 0 Å². The average Bonchev–Trinajstić information content (AvgIpc) is 2.29. The largest absolute Gasteiger partial charge is 0.506 e. The van der Waals surface area contributed by atoms with Crippen molar-refractivity contribution >= 4 is 46.5 Å². The minimum Gasteiger partial charge on any atom is -0.506 e. The molecule has 0 saturated heterocycles. The Hall–Kier alpha value is -0.640. The van der Waals surface area contributed by atoms with E-state index in [9.17, 15) is 9.90 Å². The zero-order chi connectivity index (χ0) is 13.9. The second-order valence-corrected chi connectivity index (χ2v) is 5.69. The Morgan fingerprint density at radius 2 is 1.94 bits per heavy atom. The van der Waals surface area contributed by atoms with Gasteiger partial charge < -0.3 is 5.11 Å². The molecule has 1 aromatic rings. The SMILES string of the molecule is CSC(C(=O)C(C)C)=C(O)c1ccc(Cl)cc1Cl. The maximum Gasteiger partial charge on any atom is 0.175 e. The highest BCUT2D eigenvalue weighted by molar-refractivity contribution is 8.03. The number of Topliss-reactive ketones (excluding diaryl/α,β-unsaturated/α-hetero) is 1. The summed E-state index contributed by atoms with van der Waals surface area (Å²) in [6.07, 6.45) is 1.75. The molecule has 5 heteroatoms. The van der Waals surface area contributed by atoms with Crippen LogP contribution in [-0.4, -0.2) is 17.1 Å². The van der Waals surface area contributed by atoms with Gasteiger partial charge in [0.1, 0.15) is 5.76 Å². The van der Waals surface area contributed by atoms with Crippen LogP contribution in [0.1, 0.15) is 19.4 Å². The van der Waals surface area contributed by atoms with E-state index in [0.29, 0.717) is 20.5 Å². The van der Waals surface area contributed by atoms with E-state index in [-0.39, 0.29) is 17.5 Å². The quantitative estimate of drug-likeness (QED) is 0.641. The van der Waals surface area contributed by atoms with Crippen LogP contribution in [0.4, 0.5) is 0 Å². The summed E-state index contributed by atoms with van der Waals surface area (Å²) in [5.41, 5.74) is 0.416. The Morgan fingerprint density at radius 1 is 1.33 bits per heavy atom. The molecule has 1 N–H and O–H groups in total. The normalized spacial score (nSPS) is 12.6. The number of halogens is 2. The molecule has 0 bridgehead atoms. The lowest BCUT2D eigenvalue weighted by atomic mass is 10.1. The Balaban J connectivity index is 3.31. The first-order valence-corrected chi connectivity index (χ1v) is 7.33.